The Balaban J connectivity index is 1.93. The Bertz CT molecular complexity index is 843. The summed E-state index contributed by atoms with van der Waals surface area (Å²) in [7, 11) is 4.46. The van der Waals surface area contributed by atoms with Crippen LogP contribution >= 0.6 is 0 Å². The molecule has 0 radical (unpaired) electrons. The number of hydrogen-bond acceptors (Lipinski definition) is 6. The molecule has 28 heavy (non-hydrogen) atoms. The molecule has 148 valence electrons. The van der Waals surface area contributed by atoms with E-state index >= 15 is 0 Å². The van der Waals surface area contributed by atoms with Gasteiger partial charge in [-0.25, -0.2) is 9.82 Å². The lowest BCUT2D eigenvalue weighted by atomic mass is 10.2. The number of carbonyl (C=O) groups is 2. The van der Waals surface area contributed by atoms with Crippen LogP contribution in [0.2, 0.25) is 0 Å². The molecule has 0 aliphatic carbocycles. The first-order valence-corrected chi connectivity index (χ1v) is 8.14. The molecule has 0 saturated heterocycles. The van der Waals surface area contributed by atoms with E-state index in [-0.39, 0.29) is 0 Å². The van der Waals surface area contributed by atoms with Gasteiger partial charge in [-0.1, -0.05) is 0 Å². The van der Waals surface area contributed by atoms with Gasteiger partial charge in [0.15, 0.2) is 11.5 Å². The average Bonchev–Trinajstić information content (AvgIpc) is 2.68. The first-order chi connectivity index (χ1) is 13.5. The van der Waals surface area contributed by atoms with Gasteiger partial charge in [0.05, 0.1) is 27.5 Å². The van der Waals surface area contributed by atoms with Gasteiger partial charge in [0.25, 0.3) is 0 Å². The number of nitrogens with zero attached hydrogens (tertiary/aromatic N) is 1. The number of carbonyl (C=O) groups excluding carboxylic acids is 2. The molecule has 0 heterocycles. The molecule has 2 N–H and O–H groups in total. The predicted molar refractivity (Wildman–Crippen MR) is 101 cm³/mol. The number of nitrogens with one attached hydrogen (secondary N) is 2. The third kappa shape index (κ3) is 5.70. The van der Waals surface area contributed by atoms with Crippen LogP contribution in [0.1, 0.15) is 12.0 Å². The Kier molecular flexibility index (Phi) is 7.32. The van der Waals surface area contributed by atoms with Gasteiger partial charge in [-0.3, -0.25) is 9.59 Å². The minimum atomic E-state index is -0.608. The minimum Gasteiger partial charge on any atom is -0.493 e. The van der Waals surface area contributed by atoms with Gasteiger partial charge in [-0.2, -0.15) is 5.10 Å². The second-order valence-corrected chi connectivity index (χ2v) is 5.48. The van der Waals surface area contributed by atoms with Crippen molar-refractivity contribution >= 4 is 23.7 Å². The highest BCUT2D eigenvalue weighted by Gasteiger charge is 2.13. The molecule has 0 atom stereocenters. The Morgan fingerprint density at radius 1 is 1.00 bits per heavy atom. The summed E-state index contributed by atoms with van der Waals surface area (Å²) in [5, 5.41) is 6.30. The van der Waals surface area contributed by atoms with Crippen LogP contribution in [0.25, 0.3) is 0 Å². The largest absolute Gasteiger partial charge is 0.493 e. The molecule has 0 fully saturated rings. The molecule has 8 nitrogen and oxygen atoms in total. The van der Waals surface area contributed by atoms with Crippen molar-refractivity contribution in [3.05, 3.63) is 47.8 Å². The first-order valence-electron chi connectivity index (χ1n) is 8.14. The van der Waals surface area contributed by atoms with Gasteiger partial charge in [0.2, 0.25) is 17.6 Å². The van der Waals surface area contributed by atoms with Gasteiger partial charge in [-0.05, 0) is 36.4 Å². The van der Waals surface area contributed by atoms with E-state index in [2.05, 4.69) is 15.8 Å². The number of hydrogen-bond donors (Lipinski definition) is 2. The number of hydrazone groups is 1. The highest BCUT2D eigenvalue weighted by atomic mass is 19.1. The van der Waals surface area contributed by atoms with E-state index in [4.69, 9.17) is 14.2 Å². The summed E-state index contributed by atoms with van der Waals surface area (Å²) in [6.07, 6.45) is 0.935. The summed E-state index contributed by atoms with van der Waals surface area (Å²) in [6.45, 7) is 0. The average molecular weight is 389 g/mol. The fourth-order valence-corrected chi connectivity index (χ4v) is 2.28. The van der Waals surface area contributed by atoms with Crippen molar-refractivity contribution in [1.29, 1.82) is 0 Å². The summed E-state index contributed by atoms with van der Waals surface area (Å²) in [6, 6.07) is 8.51. The van der Waals surface area contributed by atoms with E-state index in [0.29, 0.717) is 28.5 Å². The maximum Gasteiger partial charge on any atom is 0.249 e. The van der Waals surface area contributed by atoms with Crippen molar-refractivity contribution in [2.24, 2.45) is 5.10 Å². The zero-order chi connectivity index (χ0) is 20.5. The predicted octanol–water partition coefficient (Wildman–Crippen LogP) is 2.33. The van der Waals surface area contributed by atoms with E-state index in [0.717, 1.165) is 0 Å². The van der Waals surface area contributed by atoms with Gasteiger partial charge in [0, 0.05) is 11.3 Å². The molecule has 9 heteroatoms. The summed E-state index contributed by atoms with van der Waals surface area (Å²) in [5.74, 6) is -0.266. The van der Waals surface area contributed by atoms with Crippen molar-refractivity contribution in [3.8, 4) is 17.2 Å². The van der Waals surface area contributed by atoms with E-state index in [1.54, 1.807) is 12.1 Å². The van der Waals surface area contributed by atoms with E-state index in [1.807, 2.05) is 0 Å². The summed E-state index contributed by atoms with van der Waals surface area (Å²) in [4.78, 5) is 23.6. The molecule has 0 aliphatic rings. The molecule has 2 aromatic carbocycles. The number of benzene rings is 2. The third-order valence-electron chi connectivity index (χ3n) is 3.54. The van der Waals surface area contributed by atoms with Gasteiger partial charge in [0.1, 0.15) is 12.2 Å². The van der Waals surface area contributed by atoms with Crippen molar-refractivity contribution in [3.63, 3.8) is 0 Å². The lowest BCUT2D eigenvalue weighted by Gasteiger charge is -2.12. The Hall–Kier alpha value is -3.62. The zero-order valence-electron chi connectivity index (χ0n) is 15.6. The lowest BCUT2D eigenvalue weighted by molar-refractivity contribution is -0.126. The Morgan fingerprint density at radius 2 is 1.61 bits per heavy atom. The molecule has 0 unspecified atom stereocenters. The molecule has 2 amide bonds. The maximum absolute atomic E-state index is 12.8. The normalized spacial score (nSPS) is 10.4. The molecule has 0 saturated carbocycles. The van der Waals surface area contributed by atoms with Crippen molar-refractivity contribution in [2.45, 2.75) is 6.42 Å². The topological polar surface area (TPSA) is 98.2 Å². The van der Waals surface area contributed by atoms with Crippen LogP contribution in [0.5, 0.6) is 17.2 Å². The summed E-state index contributed by atoms with van der Waals surface area (Å²) in [5.41, 5.74) is 3.23. The molecule has 0 aromatic heterocycles. The second-order valence-electron chi connectivity index (χ2n) is 5.48. The van der Waals surface area contributed by atoms with Crippen LogP contribution in [0, 0.1) is 5.82 Å². The number of ether oxygens (including phenoxy) is 3. The fraction of sp³-hybridized carbons (Fsp3) is 0.211. The van der Waals surface area contributed by atoms with Crippen LogP contribution in [0.4, 0.5) is 10.1 Å². The number of halogens is 1. The smallest absolute Gasteiger partial charge is 0.249 e. The lowest BCUT2D eigenvalue weighted by Crippen LogP contribution is -2.24. The molecule has 0 aliphatic heterocycles. The first kappa shape index (κ1) is 20.7. The monoisotopic (exact) mass is 389 g/mol. The van der Waals surface area contributed by atoms with Gasteiger partial charge < -0.3 is 19.5 Å². The SMILES string of the molecule is COc1cc(C=NNC(=O)CC(=O)Nc2ccc(F)cc2)cc(OC)c1OC. The Labute approximate surface area is 161 Å². The molecule has 0 spiro atoms. The van der Waals surface area contributed by atoms with Crippen LogP contribution < -0.4 is 25.0 Å². The standard InChI is InChI=1S/C19H20FN3O5/c1-26-15-8-12(9-16(27-2)19(15)28-3)11-21-23-18(25)10-17(24)22-14-6-4-13(20)5-7-14/h4-9,11H,10H2,1-3H3,(H,22,24)(H,23,25). The number of amides is 2. The maximum atomic E-state index is 12.8. The molecule has 0 bridgehead atoms. The highest BCUT2D eigenvalue weighted by Crippen LogP contribution is 2.37. The highest BCUT2D eigenvalue weighted by molar-refractivity contribution is 6.03. The van der Waals surface area contributed by atoms with Gasteiger partial charge in [-0.15, -0.1) is 0 Å². The third-order valence-corrected chi connectivity index (χ3v) is 3.54. The van der Waals surface area contributed by atoms with Crippen molar-refractivity contribution in [1.82, 2.24) is 5.43 Å². The van der Waals surface area contributed by atoms with Crippen LogP contribution in [-0.4, -0.2) is 39.4 Å². The fourth-order valence-electron chi connectivity index (χ4n) is 2.28. The second kappa shape index (κ2) is 9.91. The van der Waals surface area contributed by atoms with Gasteiger partial charge >= 0.3 is 0 Å². The number of anilines is 1. The zero-order valence-corrected chi connectivity index (χ0v) is 15.6. The van der Waals surface area contributed by atoms with Crippen molar-refractivity contribution in [2.75, 3.05) is 26.6 Å². The molecular weight excluding hydrogens is 369 g/mol. The van der Waals surface area contributed by atoms with E-state index in [9.17, 15) is 14.0 Å². The van der Waals surface area contributed by atoms with E-state index in [1.165, 1.54) is 51.8 Å². The number of rotatable bonds is 8. The molecule has 2 aromatic rings. The molecular formula is C19H20FN3O5. The van der Waals surface area contributed by atoms with Crippen LogP contribution in [0.3, 0.4) is 0 Å². The summed E-state index contributed by atoms with van der Waals surface area (Å²) >= 11 is 0. The van der Waals surface area contributed by atoms with Crippen LogP contribution in [0.15, 0.2) is 41.5 Å². The summed E-state index contributed by atoms with van der Waals surface area (Å²) < 4.78 is 28.5. The quantitative estimate of drug-likeness (QED) is 0.410. The Morgan fingerprint density at radius 3 is 2.14 bits per heavy atom. The number of methoxy groups -OCH3 is 3. The van der Waals surface area contributed by atoms with Crippen LogP contribution in [-0.2, 0) is 9.59 Å². The van der Waals surface area contributed by atoms with E-state index < -0.39 is 24.1 Å². The minimum absolute atomic E-state index is 0.389. The molecule has 2 rings (SSSR count). The van der Waals surface area contributed by atoms with Crippen molar-refractivity contribution < 1.29 is 28.2 Å².